The van der Waals surface area contributed by atoms with Gasteiger partial charge in [0.25, 0.3) is 5.91 Å². The highest BCUT2D eigenvalue weighted by Gasteiger charge is 2.31. The molecule has 0 aromatic heterocycles. The SMILES string of the molecule is O=Cc1ccc(OCC(=O)Nc2cc(C(F)(F)F)ccc2Cl)c([N+](=O)[O-])c1. The lowest BCUT2D eigenvalue weighted by Crippen LogP contribution is -2.21. The Balaban J connectivity index is 2.12. The summed E-state index contributed by atoms with van der Waals surface area (Å²) in [4.78, 5) is 32.8. The highest BCUT2D eigenvalue weighted by Crippen LogP contribution is 2.34. The van der Waals surface area contributed by atoms with Crippen molar-refractivity contribution in [2.75, 3.05) is 11.9 Å². The third-order valence-electron chi connectivity index (χ3n) is 3.24. The van der Waals surface area contributed by atoms with Crippen molar-refractivity contribution in [1.29, 1.82) is 0 Å². The van der Waals surface area contributed by atoms with Crippen LogP contribution in [0.4, 0.5) is 24.5 Å². The number of benzene rings is 2. The average molecular weight is 403 g/mol. The first-order chi connectivity index (χ1) is 12.6. The van der Waals surface area contributed by atoms with E-state index in [1.165, 1.54) is 6.07 Å². The molecule has 1 N–H and O–H groups in total. The van der Waals surface area contributed by atoms with Crippen LogP contribution in [0.5, 0.6) is 5.75 Å². The lowest BCUT2D eigenvalue weighted by Gasteiger charge is -2.12. The Morgan fingerprint density at radius 1 is 1.26 bits per heavy atom. The number of rotatable bonds is 6. The molecule has 27 heavy (non-hydrogen) atoms. The quantitative estimate of drug-likeness (QED) is 0.445. The number of aldehydes is 1. The maximum Gasteiger partial charge on any atom is 0.416 e. The van der Waals surface area contributed by atoms with Crippen molar-refractivity contribution < 1.29 is 32.4 Å². The average Bonchev–Trinajstić information content (AvgIpc) is 2.60. The summed E-state index contributed by atoms with van der Waals surface area (Å²) in [6.45, 7) is -0.728. The van der Waals surface area contributed by atoms with E-state index in [0.29, 0.717) is 12.4 Å². The smallest absolute Gasteiger partial charge is 0.416 e. The molecule has 7 nitrogen and oxygen atoms in total. The molecule has 1 amide bonds. The first-order valence-electron chi connectivity index (χ1n) is 7.15. The number of halogens is 4. The van der Waals surface area contributed by atoms with Crippen LogP contribution < -0.4 is 10.1 Å². The molecule has 0 unspecified atom stereocenters. The van der Waals surface area contributed by atoms with Crippen LogP contribution in [0, 0.1) is 10.1 Å². The third-order valence-corrected chi connectivity index (χ3v) is 3.57. The number of alkyl halides is 3. The van der Waals surface area contributed by atoms with Gasteiger partial charge in [0.15, 0.2) is 12.4 Å². The van der Waals surface area contributed by atoms with Crippen LogP contribution in [0.15, 0.2) is 36.4 Å². The Hall–Kier alpha value is -3.14. The van der Waals surface area contributed by atoms with Crippen LogP contribution in [-0.4, -0.2) is 23.7 Å². The molecule has 2 aromatic carbocycles. The fraction of sp³-hybridized carbons (Fsp3) is 0.125. The number of nitro benzene ring substituents is 1. The number of nitro groups is 1. The van der Waals surface area contributed by atoms with Crippen LogP contribution in [0.25, 0.3) is 0 Å². The summed E-state index contributed by atoms with van der Waals surface area (Å²) < 4.78 is 43.2. The van der Waals surface area contributed by atoms with E-state index in [2.05, 4.69) is 5.32 Å². The number of ether oxygens (including phenoxy) is 1. The molecule has 142 valence electrons. The van der Waals surface area contributed by atoms with Gasteiger partial charge >= 0.3 is 11.9 Å². The van der Waals surface area contributed by atoms with Gasteiger partial charge in [-0.25, -0.2) is 0 Å². The summed E-state index contributed by atoms with van der Waals surface area (Å²) in [5, 5.41) is 13.0. The Bertz CT molecular complexity index is 902. The molecule has 0 radical (unpaired) electrons. The molecular formula is C16H10ClF3N2O5. The van der Waals surface area contributed by atoms with Crippen molar-refractivity contribution in [3.05, 3.63) is 62.7 Å². The second-order valence-corrected chi connectivity index (χ2v) is 5.54. The fourth-order valence-corrected chi connectivity index (χ4v) is 2.16. The zero-order valence-corrected chi connectivity index (χ0v) is 14.0. The van der Waals surface area contributed by atoms with Gasteiger partial charge in [-0.1, -0.05) is 11.6 Å². The summed E-state index contributed by atoms with van der Waals surface area (Å²) in [6.07, 6.45) is -4.22. The normalized spacial score (nSPS) is 11.0. The molecule has 0 saturated carbocycles. The van der Waals surface area contributed by atoms with Gasteiger partial charge in [0.05, 0.1) is 21.2 Å². The van der Waals surface area contributed by atoms with Crippen molar-refractivity contribution in [3.63, 3.8) is 0 Å². The molecule has 2 aromatic rings. The summed E-state index contributed by atoms with van der Waals surface area (Å²) >= 11 is 5.76. The zero-order chi connectivity index (χ0) is 20.2. The van der Waals surface area contributed by atoms with Crippen LogP contribution in [0.3, 0.4) is 0 Å². The van der Waals surface area contributed by atoms with Crippen molar-refractivity contribution >= 4 is 35.2 Å². The molecule has 0 atom stereocenters. The maximum absolute atomic E-state index is 12.7. The van der Waals surface area contributed by atoms with Crippen LogP contribution in [0.1, 0.15) is 15.9 Å². The Labute approximate surface area is 154 Å². The first kappa shape index (κ1) is 20.2. The van der Waals surface area contributed by atoms with E-state index in [1.807, 2.05) is 0 Å². The molecular weight excluding hydrogens is 393 g/mol. The molecule has 11 heteroatoms. The second-order valence-electron chi connectivity index (χ2n) is 5.13. The summed E-state index contributed by atoms with van der Waals surface area (Å²) in [6, 6.07) is 5.73. The predicted molar refractivity (Wildman–Crippen MR) is 89.1 cm³/mol. The van der Waals surface area contributed by atoms with E-state index in [-0.39, 0.29) is 22.0 Å². The van der Waals surface area contributed by atoms with Gasteiger partial charge in [-0.3, -0.25) is 19.7 Å². The van der Waals surface area contributed by atoms with Crippen molar-refractivity contribution in [2.45, 2.75) is 6.18 Å². The van der Waals surface area contributed by atoms with Gasteiger partial charge in [-0.15, -0.1) is 0 Å². The number of nitrogens with zero attached hydrogens (tertiary/aromatic N) is 1. The minimum absolute atomic E-state index is 0.0363. The molecule has 0 aliphatic rings. The van der Waals surface area contributed by atoms with E-state index < -0.39 is 34.9 Å². The lowest BCUT2D eigenvalue weighted by atomic mass is 10.2. The number of anilines is 1. The standard InChI is InChI=1S/C16H10ClF3N2O5/c17-11-3-2-10(16(18,19)20)6-12(11)21-15(24)8-27-14-4-1-9(7-23)5-13(14)22(25)26/h1-7H,8H2,(H,21,24). The zero-order valence-electron chi connectivity index (χ0n) is 13.2. The van der Waals surface area contributed by atoms with Gasteiger partial charge < -0.3 is 10.1 Å². The van der Waals surface area contributed by atoms with Crippen molar-refractivity contribution in [2.24, 2.45) is 0 Å². The summed E-state index contributed by atoms with van der Waals surface area (Å²) in [7, 11) is 0. The number of carbonyl (C=O) groups is 2. The molecule has 0 bridgehead atoms. The van der Waals surface area contributed by atoms with E-state index in [0.717, 1.165) is 24.3 Å². The van der Waals surface area contributed by atoms with E-state index in [4.69, 9.17) is 16.3 Å². The molecule has 0 aliphatic heterocycles. The topological polar surface area (TPSA) is 98.5 Å². The van der Waals surface area contributed by atoms with Gasteiger partial charge in [0.2, 0.25) is 0 Å². The monoisotopic (exact) mass is 402 g/mol. The van der Waals surface area contributed by atoms with Crippen molar-refractivity contribution in [1.82, 2.24) is 0 Å². The van der Waals surface area contributed by atoms with Gasteiger partial charge in [-0.2, -0.15) is 13.2 Å². The summed E-state index contributed by atoms with van der Waals surface area (Å²) in [5.41, 5.74) is -1.80. The molecule has 0 heterocycles. The minimum Gasteiger partial charge on any atom is -0.477 e. The highest BCUT2D eigenvalue weighted by molar-refractivity contribution is 6.33. The van der Waals surface area contributed by atoms with Gasteiger partial charge in [-0.05, 0) is 30.3 Å². The number of carbonyl (C=O) groups excluding carboxylic acids is 2. The minimum atomic E-state index is -4.62. The van der Waals surface area contributed by atoms with E-state index in [1.54, 1.807) is 0 Å². The third kappa shape index (κ3) is 5.17. The Morgan fingerprint density at radius 3 is 2.56 bits per heavy atom. The van der Waals surface area contributed by atoms with Crippen molar-refractivity contribution in [3.8, 4) is 5.75 Å². The molecule has 0 spiro atoms. The van der Waals surface area contributed by atoms with Crippen LogP contribution in [-0.2, 0) is 11.0 Å². The van der Waals surface area contributed by atoms with Gasteiger partial charge in [0, 0.05) is 11.6 Å². The predicted octanol–water partition coefficient (Wildman–Crippen LogP) is 4.10. The Morgan fingerprint density at radius 2 is 1.96 bits per heavy atom. The number of hydrogen-bond acceptors (Lipinski definition) is 5. The molecule has 0 fully saturated rings. The highest BCUT2D eigenvalue weighted by atomic mass is 35.5. The largest absolute Gasteiger partial charge is 0.477 e. The molecule has 0 aliphatic carbocycles. The molecule has 0 saturated heterocycles. The van der Waals surface area contributed by atoms with E-state index in [9.17, 15) is 32.9 Å². The first-order valence-corrected chi connectivity index (χ1v) is 7.52. The van der Waals surface area contributed by atoms with Crippen LogP contribution >= 0.6 is 11.6 Å². The number of amides is 1. The summed E-state index contributed by atoms with van der Waals surface area (Å²) in [5.74, 6) is -1.17. The van der Waals surface area contributed by atoms with Gasteiger partial charge in [0.1, 0.15) is 6.29 Å². The van der Waals surface area contributed by atoms with E-state index >= 15 is 0 Å². The fourth-order valence-electron chi connectivity index (χ4n) is 2.00. The Kier molecular flexibility index (Phi) is 6.01. The second kappa shape index (κ2) is 8.04. The lowest BCUT2D eigenvalue weighted by molar-refractivity contribution is -0.385. The molecule has 2 rings (SSSR count). The number of hydrogen-bond donors (Lipinski definition) is 1. The maximum atomic E-state index is 12.7. The van der Waals surface area contributed by atoms with Crippen LogP contribution in [0.2, 0.25) is 5.02 Å². The number of nitrogens with one attached hydrogen (secondary N) is 1.